The summed E-state index contributed by atoms with van der Waals surface area (Å²) < 4.78 is 6.94. The fraction of sp³-hybridized carbons (Fsp3) is 0.375. The Morgan fingerprint density at radius 1 is 0.714 bits per heavy atom. The van der Waals surface area contributed by atoms with E-state index in [1.165, 1.54) is 16.5 Å². The number of fused-ring (bicyclic) bond motifs is 1. The van der Waals surface area contributed by atoms with Crippen molar-refractivity contribution in [2.24, 2.45) is 0 Å². The molecule has 0 aromatic heterocycles. The molecular weight excluding hydrogens is 276 g/mol. The molecule has 0 saturated carbocycles. The smallest absolute Gasteiger partial charge is 0.374 e. The van der Waals surface area contributed by atoms with Crippen LogP contribution in [-0.2, 0) is 0 Å². The molecule has 5 heteroatoms. The van der Waals surface area contributed by atoms with Gasteiger partial charge in [0.1, 0.15) is 0 Å². The van der Waals surface area contributed by atoms with Gasteiger partial charge in [0, 0.05) is 11.1 Å². The van der Waals surface area contributed by atoms with Gasteiger partial charge in [-0.1, -0.05) is 36.4 Å². The van der Waals surface area contributed by atoms with Crippen LogP contribution in [0.2, 0.25) is 0 Å². The molecule has 0 aliphatic carbocycles. The molecule has 2 aromatic rings. The fourth-order valence-corrected chi connectivity index (χ4v) is 6.70. The van der Waals surface area contributed by atoms with Crippen LogP contribution in [0.15, 0.2) is 42.5 Å². The highest BCUT2D eigenvalue weighted by Crippen LogP contribution is 2.26. The summed E-state index contributed by atoms with van der Waals surface area (Å²) in [6.07, 6.45) is 0. The van der Waals surface area contributed by atoms with E-state index in [0.29, 0.717) is 0 Å². The minimum atomic E-state index is -2.14. The zero-order valence-corrected chi connectivity index (χ0v) is 14.9. The number of hydrogen-bond donors (Lipinski definition) is 1. The molecule has 0 amide bonds. The maximum atomic E-state index is 3.85. The number of nitrogens with zero attached hydrogens (tertiary/aromatic N) is 3. The lowest BCUT2D eigenvalue weighted by molar-refractivity contribution is 0.387. The lowest BCUT2D eigenvalue weighted by Gasteiger charge is -2.46. The van der Waals surface area contributed by atoms with Crippen molar-refractivity contribution in [2.45, 2.75) is 0 Å². The van der Waals surface area contributed by atoms with Crippen molar-refractivity contribution in [1.29, 1.82) is 0 Å². The lowest BCUT2D eigenvalue weighted by atomic mass is 10.1. The van der Waals surface area contributed by atoms with Crippen molar-refractivity contribution >= 4 is 25.2 Å². The average molecular weight is 302 g/mol. The molecule has 0 unspecified atom stereocenters. The zero-order chi connectivity index (χ0) is 15.6. The molecule has 2 rings (SSSR count). The molecule has 114 valence electrons. The number of rotatable bonds is 5. The van der Waals surface area contributed by atoms with Gasteiger partial charge in [0.15, 0.2) is 0 Å². The van der Waals surface area contributed by atoms with Gasteiger partial charge < -0.3 is 4.98 Å². The first-order valence-electron chi connectivity index (χ1n) is 7.18. The summed E-state index contributed by atoms with van der Waals surface area (Å²) in [5.74, 6) is 0. The van der Waals surface area contributed by atoms with Crippen molar-refractivity contribution in [3.63, 3.8) is 0 Å². The minimum Gasteiger partial charge on any atom is -0.374 e. The van der Waals surface area contributed by atoms with Crippen molar-refractivity contribution < 1.29 is 0 Å². The summed E-state index contributed by atoms with van der Waals surface area (Å²) in [4.78, 5) is 3.85. The Labute approximate surface area is 129 Å². The van der Waals surface area contributed by atoms with Gasteiger partial charge in [0.05, 0.1) is 0 Å². The number of hydrogen-bond acceptors (Lipinski definition) is 4. The molecule has 2 aromatic carbocycles. The average Bonchev–Trinajstić information content (AvgIpc) is 2.43. The molecule has 0 bridgehead atoms. The maximum absolute atomic E-state index is 3.85. The van der Waals surface area contributed by atoms with Crippen LogP contribution in [0, 0.1) is 0 Å². The third kappa shape index (κ3) is 2.82. The van der Waals surface area contributed by atoms with Crippen molar-refractivity contribution in [3.05, 3.63) is 42.5 Å². The minimum absolute atomic E-state index is 1.19. The van der Waals surface area contributed by atoms with Crippen LogP contribution in [0.1, 0.15) is 0 Å². The normalized spacial score (nSPS) is 12.6. The van der Waals surface area contributed by atoms with Gasteiger partial charge in [-0.25, -0.2) is 0 Å². The summed E-state index contributed by atoms with van der Waals surface area (Å²) in [5, 5.41) is 2.53. The molecule has 0 spiro atoms. The summed E-state index contributed by atoms with van der Waals surface area (Å²) in [5.41, 5.74) is 1.19. The van der Waals surface area contributed by atoms with E-state index >= 15 is 0 Å². The molecule has 0 fully saturated rings. The van der Waals surface area contributed by atoms with Gasteiger partial charge in [-0.2, -0.15) is 0 Å². The second-order valence-corrected chi connectivity index (χ2v) is 10.2. The summed E-state index contributed by atoms with van der Waals surface area (Å²) >= 11 is 0. The Balaban J connectivity index is 2.54. The molecule has 0 heterocycles. The lowest BCUT2D eigenvalue weighted by Crippen LogP contribution is -2.75. The SMILES string of the molecule is CN(C)[Si](Nc1cccc2ccccc12)(N(C)C)N(C)C. The molecule has 1 N–H and O–H groups in total. The monoisotopic (exact) mass is 302 g/mol. The van der Waals surface area contributed by atoms with E-state index in [9.17, 15) is 0 Å². The topological polar surface area (TPSA) is 21.8 Å². The molecular formula is C16H26N4Si. The van der Waals surface area contributed by atoms with Gasteiger partial charge in [-0.3, -0.25) is 13.7 Å². The molecule has 0 atom stereocenters. The second-order valence-electron chi connectivity index (χ2n) is 5.97. The van der Waals surface area contributed by atoms with Crippen LogP contribution in [0.25, 0.3) is 10.8 Å². The molecule has 0 aliphatic heterocycles. The van der Waals surface area contributed by atoms with Crippen LogP contribution in [0.4, 0.5) is 5.69 Å². The Morgan fingerprint density at radius 3 is 1.81 bits per heavy atom. The second kappa shape index (κ2) is 6.15. The third-order valence-electron chi connectivity index (χ3n) is 3.96. The Hall–Kier alpha value is -1.40. The highest BCUT2D eigenvalue weighted by Gasteiger charge is 2.44. The molecule has 0 saturated heterocycles. The van der Waals surface area contributed by atoms with Crippen LogP contribution in [0.5, 0.6) is 0 Å². The van der Waals surface area contributed by atoms with Crippen LogP contribution in [-0.4, -0.2) is 64.7 Å². The van der Waals surface area contributed by atoms with Gasteiger partial charge in [0.2, 0.25) is 0 Å². The highest BCUT2D eigenvalue weighted by atomic mass is 28.4. The van der Waals surface area contributed by atoms with Crippen molar-refractivity contribution in [1.82, 2.24) is 13.7 Å². The van der Waals surface area contributed by atoms with E-state index in [1.807, 2.05) is 0 Å². The van der Waals surface area contributed by atoms with Gasteiger partial charge in [-0.15, -0.1) is 0 Å². The first-order chi connectivity index (χ1) is 9.89. The number of nitrogens with one attached hydrogen (secondary N) is 1. The third-order valence-corrected chi connectivity index (χ3v) is 8.31. The molecule has 0 aliphatic rings. The van der Waals surface area contributed by atoms with E-state index in [1.54, 1.807) is 0 Å². The molecule has 4 nitrogen and oxygen atoms in total. The van der Waals surface area contributed by atoms with Crippen LogP contribution < -0.4 is 4.98 Å². The fourth-order valence-electron chi connectivity index (χ4n) is 3.05. The van der Waals surface area contributed by atoms with E-state index in [-0.39, 0.29) is 0 Å². The largest absolute Gasteiger partial charge is 0.404 e. The Morgan fingerprint density at radius 2 is 1.24 bits per heavy atom. The van der Waals surface area contributed by atoms with Gasteiger partial charge in [0.25, 0.3) is 0 Å². The quantitative estimate of drug-likeness (QED) is 0.856. The summed E-state index contributed by atoms with van der Waals surface area (Å²) in [6, 6.07) is 15.0. The predicted octanol–water partition coefficient (Wildman–Crippen LogP) is 2.37. The molecule has 21 heavy (non-hydrogen) atoms. The van der Waals surface area contributed by atoms with E-state index in [4.69, 9.17) is 0 Å². The Bertz CT molecular complexity index is 583. The summed E-state index contributed by atoms with van der Waals surface area (Å²) in [6.45, 7) is 0. The van der Waals surface area contributed by atoms with Crippen molar-refractivity contribution in [3.8, 4) is 0 Å². The first-order valence-corrected chi connectivity index (χ1v) is 9.02. The van der Waals surface area contributed by atoms with Crippen LogP contribution >= 0.6 is 0 Å². The molecule has 0 radical (unpaired) electrons. The highest BCUT2D eigenvalue weighted by molar-refractivity contribution is 6.74. The summed E-state index contributed by atoms with van der Waals surface area (Å²) in [7, 11) is 10.7. The van der Waals surface area contributed by atoms with Crippen LogP contribution in [0.3, 0.4) is 0 Å². The zero-order valence-electron chi connectivity index (χ0n) is 13.9. The van der Waals surface area contributed by atoms with Gasteiger partial charge in [-0.05, 0) is 53.7 Å². The maximum Gasteiger partial charge on any atom is 0.404 e. The van der Waals surface area contributed by atoms with E-state index < -0.39 is 8.72 Å². The van der Waals surface area contributed by atoms with Crippen molar-refractivity contribution in [2.75, 3.05) is 47.3 Å². The number of benzene rings is 2. The Kier molecular flexibility index (Phi) is 4.68. The van der Waals surface area contributed by atoms with E-state index in [0.717, 1.165) is 0 Å². The van der Waals surface area contributed by atoms with E-state index in [2.05, 4.69) is 103 Å². The number of anilines is 1. The standard InChI is InChI=1S/C16H26N4Si/c1-18(2)21(19(3)4,20(5)6)17-16-13-9-11-14-10-7-8-12-15(14)16/h7-13,17H,1-6H3. The predicted molar refractivity (Wildman–Crippen MR) is 94.4 cm³/mol. The first kappa shape index (κ1) is 16.0. The van der Waals surface area contributed by atoms with Gasteiger partial charge >= 0.3 is 8.72 Å².